The number of carbonyl (C=O) groups is 2. The quantitative estimate of drug-likeness (QED) is 0.529. The van der Waals surface area contributed by atoms with E-state index in [2.05, 4.69) is 20.8 Å². The van der Waals surface area contributed by atoms with Crippen molar-refractivity contribution in [2.45, 2.75) is 110 Å². The Bertz CT molecular complexity index is 559. The van der Waals surface area contributed by atoms with Crippen molar-refractivity contribution >= 4 is 11.8 Å². The lowest BCUT2D eigenvalue weighted by Gasteiger charge is -2.42. The van der Waals surface area contributed by atoms with Crippen molar-refractivity contribution in [2.24, 2.45) is 23.2 Å². The average molecular weight is 379 g/mol. The second kappa shape index (κ2) is 8.23. The molecule has 2 saturated carbocycles. The van der Waals surface area contributed by atoms with Crippen LogP contribution in [-0.2, 0) is 19.1 Å². The standard InChI is InChI=1S/C23H38O4/c1-5-6-11-20-26-21(25)23(4,27-20)15-7-9-16(2)17-12-13-18-19(24)10-8-14-22(17,18)3/h16-18,20H,5-15H2,1-4H3/t16-,17?,18+,20-,22?,23-/m1/s1. The molecule has 0 radical (unpaired) electrons. The van der Waals surface area contributed by atoms with E-state index in [1.807, 2.05) is 6.92 Å². The first-order valence-electron chi connectivity index (χ1n) is 11.2. The van der Waals surface area contributed by atoms with Gasteiger partial charge in [-0.3, -0.25) is 4.79 Å². The molecule has 2 aliphatic carbocycles. The monoisotopic (exact) mass is 378 g/mol. The molecule has 0 bridgehead atoms. The highest BCUT2D eigenvalue weighted by molar-refractivity contribution is 5.83. The van der Waals surface area contributed by atoms with Crippen LogP contribution in [0.25, 0.3) is 0 Å². The molecule has 154 valence electrons. The molecule has 0 spiro atoms. The van der Waals surface area contributed by atoms with Gasteiger partial charge in [-0.15, -0.1) is 0 Å². The molecule has 3 fully saturated rings. The van der Waals surface area contributed by atoms with Crippen LogP contribution in [0.4, 0.5) is 0 Å². The molecular formula is C23H38O4. The third-order valence-corrected chi connectivity index (χ3v) is 7.79. The topological polar surface area (TPSA) is 52.6 Å². The van der Waals surface area contributed by atoms with Crippen molar-refractivity contribution in [3.63, 3.8) is 0 Å². The third-order valence-electron chi connectivity index (χ3n) is 7.79. The molecule has 1 aliphatic heterocycles. The van der Waals surface area contributed by atoms with E-state index in [1.165, 1.54) is 12.8 Å². The summed E-state index contributed by atoms with van der Waals surface area (Å²) in [6.45, 7) is 8.72. The molecule has 27 heavy (non-hydrogen) atoms. The number of hydrogen-bond acceptors (Lipinski definition) is 4. The molecule has 0 aromatic rings. The molecular weight excluding hydrogens is 340 g/mol. The summed E-state index contributed by atoms with van der Waals surface area (Å²) in [5.41, 5.74) is -0.576. The average Bonchev–Trinajstić information content (AvgIpc) is 3.11. The number of ketones is 1. The Morgan fingerprint density at radius 2 is 1.96 bits per heavy atom. The number of cyclic esters (lactones) is 1. The molecule has 4 nitrogen and oxygen atoms in total. The normalized spacial score (nSPS) is 40.1. The lowest BCUT2D eigenvalue weighted by atomic mass is 9.62. The van der Waals surface area contributed by atoms with Crippen molar-refractivity contribution in [3.8, 4) is 0 Å². The molecule has 0 N–H and O–H groups in total. The molecule has 0 amide bonds. The lowest BCUT2D eigenvalue weighted by Crippen LogP contribution is -2.39. The van der Waals surface area contributed by atoms with E-state index in [0.29, 0.717) is 23.5 Å². The second-order valence-corrected chi connectivity index (χ2v) is 9.76. The largest absolute Gasteiger partial charge is 0.434 e. The Kier molecular flexibility index (Phi) is 6.34. The Balaban J connectivity index is 1.50. The molecule has 3 aliphatic rings. The van der Waals surface area contributed by atoms with Gasteiger partial charge in [-0.25, -0.2) is 4.79 Å². The summed E-state index contributed by atoms with van der Waals surface area (Å²) >= 11 is 0. The number of esters is 1. The van der Waals surface area contributed by atoms with Gasteiger partial charge < -0.3 is 9.47 Å². The van der Waals surface area contributed by atoms with Crippen LogP contribution < -0.4 is 0 Å². The Morgan fingerprint density at radius 3 is 2.70 bits per heavy atom. The summed E-state index contributed by atoms with van der Waals surface area (Å²) in [5.74, 6) is 1.83. The highest BCUT2D eigenvalue weighted by Crippen LogP contribution is 2.57. The lowest BCUT2D eigenvalue weighted by molar-refractivity contribution is -0.145. The molecule has 6 atom stereocenters. The van der Waals surface area contributed by atoms with Crippen molar-refractivity contribution in [2.75, 3.05) is 0 Å². The van der Waals surface area contributed by atoms with Gasteiger partial charge in [-0.05, 0) is 69.1 Å². The zero-order chi connectivity index (χ0) is 19.7. The minimum absolute atomic E-state index is 0.193. The zero-order valence-corrected chi connectivity index (χ0v) is 17.7. The van der Waals surface area contributed by atoms with Gasteiger partial charge in [-0.2, -0.15) is 0 Å². The van der Waals surface area contributed by atoms with Crippen LogP contribution in [-0.4, -0.2) is 23.6 Å². The van der Waals surface area contributed by atoms with Gasteiger partial charge in [-0.1, -0.05) is 33.6 Å². The third kappa shape index (κ3) is 4.11. The predicted octanol–water partition coefficient (Wildman–Crippen LogP) is 5.43. The van der Waals surface area contributed by atoms with Crippen molar-refractivity contribution in [1.29, 1.82) is 0 Å². The summed E-state index contributed by atoms with van der Waals surface area (Å²) < 4.78 is 11.4. The fraction of sp³-hybridized carbons (Fsp3) is 0.913. The van der Waals surface area contributed by atoms with Gasteiger partial charge in [0.25, 0.3) is 0 Å². The van der Waals surface area contributed by atoms with E-state index in [4.69, 9.17) is 9.47 Å². The number of unbranched alkanes of at least 4 members (excludes halogenated alkanes) is 1. The van der Waals surface area contributed by atoms with Crippen molar-refractivity contribution in [1.82, 2.24) is 0 Å². The van der Waals surface area contributed by atoms with E-state index in [-0.39, 0.29) is 17.7 Å². The van der Waals surface area contributed by atoms with Gasteiger partial charge in [0.2, 0.25) is 6.29 Å². The van der Waals surface area contributed by atoms with Gasteiger partial charge >= 0.3 is 5.97 Å². The SMILES string of the molecule is CCCC[C@@H]1OC(=O)[C@@](C)(CCC[C@@H](C)C2CC[C@H]3C(=O)CCCC23C)O1. The minimum atomic E-state index is -0.777. The van der Waals surface area contributed by atoms with E-state index in [0.717, 1.165) is 57.8 Å². The van der Waals surface area contributed by atoms with Crippen LogP contribution in [0.3, 0.4) is 0 Å². The highest BCUT2D eigenvalue weighted by atomic mass is 16.8. The summed E-state index contributed by atoms with van der Waals surface area (Å²) in [5, 5.41) is 0. The van der Waals surface area contributed by atoms with Gasteiger partial charge in [0, 0.05) is 18.8 Å². The maximum atomic E-state index is 12.4. The first-order valence-corrected chi connectivity index (χ1v) is 11.2. The first-order chi connectivity index (χ1) is 12.8. The fourth-order valence-corrected chi connectivity index (χ4v) is 6.12. The van der Waals surface area contributed by atoms with Crippen molar-refractivity contribution < 1.29 is 19.1 Å². The first kappa shape index (κ1) is 20.8. The molecule has 4 heteroatoms. The molecule has 2 unspecified atom stereocenters. The zero-order valence-electron chi connectivity index (χ0n) is 17.7. The fourth-order valence-electron chi connectivity index (χ4n) is 6.12. The van der Waals surface area contributed by atoms with Crippen LogP contribution in [0.15, 0.2) is 0 Å². The summed E-state index contributed by atoms with van der Waals surface area (Å²) in [6, 6.07) is 0. The molecule has 3 rings (SSSR count). The predicted molar refractivity (Wildman–Crippen MR) is 105 cm³/mol. The molecule has 1 heterocycles. The second-order valence-electron chi connectivity index (χ2n) is 9.76. The Labute approximate surface area is 164 Å². The number of Topliss-reactive ketones (excluding diaryl/α,β-unsaturated/α-hetero) is 1. The molecule has 0 aromatic heterocycles. The number of carbonyl (C=O) groups excluding carboxylic acids is 2. The van der Waals surface area contributed by atoms with Crippen LogP contribution in [0.5, 0.6) is 0 Å². The van der Waals surface area contributed by atoms with E-state index in [9.17, 15) is 9.59 Å². The van der Waals surface area contributed by atoms with E-state index >= 15 is 0 Å². The van der Waals surface area contributed by atoms with Gasteiger partial charge in [0.15, 0.2) is 5.60 Å². The summed E-state index contributed by atoms with van der Waals surface area (Å²) in [6.07, 6.45) is 10.6. The smallest absolute Gasteiger partial charge is 0.340 e. The number of fused-ring (bicyclic) bond motifs is 1. The maximum absolute atomic E-state index is 12.4. The summed E-state index contributed by atoms with van der Waals surface area (Å²) in [4.78, 5) is 24.6. The highest BCUT2D eigenvalue weighted by Gasteiger charge is 2.52. The molecule has 0 aromatic carbocycles. The van der Waals surface area contributed by atoms with Crippen LogP contribution in [0.2, 0.25) is 0 Å². The van der Waals surface area contributed by atoms with Crippen molar-refractivity contribution in [3.05, 3.63) is 0 Å². The van der Waals surface area contributed by atoms with Crippen LogP contribution in [0, 0.1) is 23.2 Å². The Hall–Kier alpha value is -0.900. The number of ether oxygens (including phenoxy) is 2. The minimum Gasteiger partial charge on any atom is -0.434 e. The number of rotatable bonds is 8. The summed E-state index contributed by atoms with van der Waals surface area (Å²) in [7, 11) is 0. The van der Waals surface area contributed by atoms with Crippen LogP contribution in [0.1, 0.15) is 98.3 Å². The molecule has 1 saturated heterocycles. The Morgan fingerprint density at radius 1 is 1.19 bits per heavy atom. The van der Waals surface area contributed by atoms with Crippen LogP contribution >= 0.6 is 0 Å². The maximum Gasteiger partial charge on any atom is 0.340 e. The van der Waals surface area contributed by atoms with Gasteiger partial charge in [0.05, 0.1) is 0 Å². The van der Waals surface area contributed by atoms with Gasteiger partial charge in [0.1, 0.15) is 5.78 Å². The van der Waals surface area contributed by atoms with E-state index < -0.39 is 5.60 Å². The van der Waals surface area contributed by atoms with E-state index in [1.54, 1.807) is 0 Å². The number of hydrogen-bond donors (Lipinski definition) is 0.